The summed E-state index contributed by atoms with van der Waals surface area (Å²) < 4.78 is 24.7. The molecule has 2 aromatic heterocycles. The molecule has 3 aromatic rings. The van der Waals surface area contributed by atoms with Crippen LogP contribution in [0.5, 0.6) is 0 Å². The van der Waals surface area contributed by atoms with Gasteiger partial charge in [-0.05, 0) is 37.1 Å². The quantitative estimate of drug-likeness (QED) is 0.741. The van der Waals surface area contributed by atoms with Gasteiger partial charge in [-0.1, -0.05) is 6.07 Å². The topological polar surface area (TPSA) is 55.3 Å². The molecule has 0 fully saturated rings. The Morgan fingerprint density at radius 1 is 1.18 bits per heavy atom. The first-order valence-corrected chi connectivity index (χ1v) is 7.20. The predicted molar refractivity (Wildman–Crippen MR) is 77.8 cm³/mol. The van der Waals surface area contributed by atoms with E-state index >= 15 is 0 Å². The number of furan rings is 1. The highest BCUT2D eigenvalue weighted by Crippen LogP contribution is 2.30. The van der Waals surface area contributed by atoms with Gasteiger partial charge < -0.3 is 13.7 Å². The van der Waals surface area contributed by atoms with E-state index in [9.17, 15) is 4.39 Å². The average molecular weight is 299 g/mol. The number of anilines is 1. The monoisotopic (exact) mass is 299 g/mol. The number of hydrogen-bond donors (Lipinski definition) is 0. The Labute approximate surface area is 126 Å². The lowest BCUT2D eigenvalue weighted by atomic mass is 10.0. The maximum Gasteiger partial charge on any atom is 0.283 e. The molecular formula is C16H14FN3O2. The standard InChI is InChI=1S/C16H14FN3O2/c17-12-5-1-6-13-11(12)4-2-8-20(13)10-15-18-19-16(22-15)14-7-3-9-21-14/h1,3,5-7,9H,2,4,8,10H2. The van der Waals surface area contributed by atoms with E-state index < -0.39 is 0 Å². The van der Waals surface area contributed by atoms with Crippen molar-refractivity contribution in [3.05, 3.63) is 53.9 Å². The number of fused-ring (bicyclic) bond motifs is 1. The summed E-state index contributed by atoms with van der Waals surface area (Å²) in [6.07, 6.45) is 3.23. The molecule has 6 heteroatoms. The second-order valence-corrected chi connectivity index (χ2v) is 5.24. The maximum atomic E-state index is 13.9. The molecule has 1 aliphatic rings. The number of halogens is 1. The Bertz CT molecular complexity index is 783. The predicted octanol–water partition coefficient (Wildman–Crippen LogP) is 3.42. The van der Waals surface area contributed by atoms with Crippen LogP contribution in [0.4, 0.5) is 10.1 Å². The summed E-state index contributed by atoms with van der Waals surface area (Å²) >= 11 is 0. The fraction of sp³-hybridized carbons (Fsp3) is 0.250. The second kappa shape index (κ2) is 5.29. The Balaban J connectivity index is 1.59. The van der Waals surface area contributed by atoms with Crippen LogP contribution in [0.1, 0.15) is 17.9 Å². The highest BCUT2D eigenvalue weighted by molar-refractivity contribution is 5.56. The van der Waals surface area contributed by atoms with E-state index in [1.54, 1.807) is 24.5 Å². The summed E-state index contributed by atoms with van der Waals surface area (Å²) in [5.74, 6) is 1.24. The van der Waals surface area contributed by atoms with Gasteiger partial charge in [0.25, 0.3) is 5.89 Å². The normalized spacial score (nSPS) is 14.1. The molecule has 4 rings (SSSR count). The van der Waals surface area contributed by atoms with Crippen LogP contribution in [0.15, 0.2) is 45.4 Å². The van der Waals surface area contributed by atoms with E-state index in [4.69, 9.17) is 8.83 Å². The van der Waals surface area contributed by atoms with Crippen LogP contribution in [0.3, 0.4) is 0 Å². The zero-order chi connectivity index (χ0) is 14.9. The van der Waals surface area contributed by atoms with Gasteiger partial charge in [-0.2, -0.15) is 0 Å². The molecule has 0 aliphatic carbocycles. The van der Waals surface area contributed by atoms with Crippen molar-refractivity contribution in [2.75, 3.05) is 11.4 Å². The summed E-state index contributed by atoms with van der Waals surface area (Å²) in [6, 6.07) is 8.70. The molecule has 0 unspecified atom stereocenters. The smallest absolute Gasteiger partial charge is 0.283 e. The summed E-state index contributed by atoms with van der Waals surface area (Å²) in [7, 11) is 0. The third-order valence-electron chi connectivity index (χ3n) is 3.81. The summed E-state index contributed by atoms with van der Waals surface area (Å²) in [5, 5.41) is 8.04. The van der Waals surface area contributed by atoms with E-state index in [-0.39, 0.29) is 5.82 Å². The minimum Gasteiger partial charge on any atom is -0.459 e. The van der Waals surface area contributed by atoms with Crippen LogP contribution in [0.25, 0.3) is 11.7 Å². The van der Waals surface area contributed by atoms with E-state index in [0.717, 1.165) is 30.6 Å². The molecule has 22 heavy (non-hydrogen) atoms. The minimum absolute atomic E-state index is 0.149. The zero-order valence-corrected chi connectivity index (χ0v) is 11.8. The van der Waals surface area contributed by atoms with Crippen molar-refractivity contribution in [3.8, 4) is 11.7 Å². The highest BCUT2D eigenvalue weighted by Gasteiger charge is 2.21. The molecule has 0 radical (unpaired) electrons. The molecule has 1 aromatic carbocycles. The fourth-order valence-electron chi connectivity index (χ4n) is 2.80. The zero-order valence-electron chi connectivity index (χ0n) is 11.8. The maximum absolute atomic E-state index is 13.9. The molecule has 1 aliphatic heterocycles. The van der Waals surface area contributed by atoms with Gasteiger partial charge in [0.1, 0.15) is 5.82 Å². The van der Waals surface area contributed by atoms with Crippen molar-refractivity contribution in [3.63, 3.8) is 0 Å². The van der Waals surface area contributed by atoms with Crippen molar-refractivity contribution < 1.29 is 13.2 Å². The lowest BCUT2D eigenvalue weighted by molar-refractivity contribution is 0.471. The summed E-state index contributed by atoms with van der Waals surface area (Å²) in [5.41, 5.74) is 1.67. The van der Waals surface area contributed by atoms with Crippen LogP contribution in [-0.4, -0.2) is 16.7 Å². The van der Waals surface area contributed by atoms with Crippen molar-refractivity contribution in [2.45, 2.75) is 19.4 Å². The molecule has 0 bridgehead atoms. The van der Waals surface area contributed by atoms with Crippen LogP contribution in [-0.2, 0) is 13.0 Å². The molecular weight excluding hydrogens is 285 g/mol. The van der Waals surface area contributed by atoms with Gasteiger partial charge in [-0.15, -0.1) is 10.2 Å². The van der Waals surface area contributed by atoms with E-state index in [2.05, 4.69) is 15.1 Å². The minimum atomic E-state index is -0.149. The van der Waals surface area contributed by atoms with Crippen LogP contribution in [0, 0.1) is 5.82 Å². The third-order valence-corrected chi connectivity index (χ3v) is 3.81. The van der Waals surface area contributed by atoms with Crippen molar-refractivity contribution in [1.82, 2.24) is 10.2 Å². The first kappa shape index (κ1) is 13.1. The largest absolute Gasteiger partial charge is 0.459 e. The lowest BCUT2D eigenvalue weighted by Gasteiger charge is -2.30. The van der Waals surface area contributed by atoms with E-state index in [0.29, 0.717) is 24.1 Å². The van der Waals surface area contributed by atoms with Crippen molar-refractivity contribution in [2.24, 2.45) is 0 Å². The van der Waals surface area contributed by atoms with Gasteiger partial charge in [-0.3, -0.25) is 0 Å². The number of nitrogens with zero attached hydrogens (tertiary/aromatic N) is 3. The molecule has 0 saturated carbocycles. The van der Waals surface area contributed by atoms with Gasteiger partial charge >= 0.3 is 0 Å². The fourth-order valence-corrected chi connectivity index (χ4v) is 2.80. The van der Waals surface area contributed by atoms with Crippen molar-refractivity contribution in [1.29, 1.82) is 0 Å². The SMILES string of the molecule is Fc1cccc2c1CCCN2Cc1nnc(-c2ccco2)o1. The van der Waals surface area contributed by atoms with Gasteiger partial charge in [0.05, 0.1) is 12.8 Å². The number of benzene rings is 1. The summed E-state index contributed by atoms with van der Waals surface area (Å²) in [4.78, 5) is 2.07. The average Bonchev–Trinajstić information content (AvgIpc) is 3.19. The second-order valence-electron chi connectivity index (χ2n) is 5.24. The Hall–Kier alpha value is -2.63. The molecule has 0 N–H and O–H groups in total. The molecule has 0 spiro atoms. The molecule has 0 atom stereocenters. The Morgan fingerprint density at radius 2 is 2.14 bits per heavy atom. The number of rotatable bonds is 3. The van der Waals surface area contributed by atoms with E-state index in [1.807, 2.05) is 6.07 Å². The van der Waals surface area contributed by atoms with Gasteiger partial charge in [-0.25, -0.2) is 4.39 Å². The number of hydrogen-bond acceptors (Lipinski definition) is 5. The first-order chi connectivity index (χ1) is 10.8. The Morgan fingerprint density at radius 3 is 3.00 bits per heavy atom. The van der Waals surface area contributed by atoms with E-state index in [1.165, 1.54) is 6.07 Å². The van der Waals surface area contributed by atoms with Crippen LogP contribution >= 0.6 is 0 Å². The number of aromatic nitrogens is 2. The summed E-state index contributed by atoms with van der Waals surface area (Å²) in [6.45, 7) is 1.30. The first-order valence-electron chi connectivity index (χ1n) is 7.20. The van der Waals surface area contributed by atoms with Crippen LogP contribution < -0.4 is 4.90 Å². The van der Waals surface area contributed by atoms with Crippen molar-refractivity contribution >= 4 is 5.69 Å². The molecule has 3 heterocycles. The third kappa shape index (κ3) is 2.26. The Kier molecular flexibility index (Phi) is 3.14. The molecule has 0 saturated heterocycles. The van der Waals surface area contributed by atoms with Gasteiger partial charge in [0, 0.05) is 17.8 Å². The molecule has 5 nitrogen and oxygen atoms in total. The van der Waals surface area contributed by atoms with Gasteiger partial charge in [0.2, 0.25) is 5.89 Å². The van der Waals surface area contributed by atoms with Gasteiger partial charge in [0.15, 0.2) is 5.76 Å². The molecule has 112 valence electrons. The highest BCUT2D eigenvalue weighted by atomic mass is 19.1. The lowest BCUT2D eigenvalue weighted by Crippen LogP contribution is -2.29. The van der Waals surface area contributed by atoms with Crippen LogP contribution in [0.2, 0.25) is 0 Å². The molecule has 0 amide bonds.